The molecule has 6 nitrogen and oxygen atoms in total. The quantitative estimate of drug-likeness (QED) is 0.333. The lowest BCUT2D eigenvalue weighted by molar-refractivity contribution is -0.106. The van der Waals surface area contributed by atoms with Gasteiger partial charge in [-0.1, -0.05) is 18.2 Å². The maximum Gasteiger partial charge on any atom is 0.204 e. The van der Waals surface area contributed by atoms with Gasteiger partial charge in [0.1, 0.15) is 0 Å². The summed E-state index contributed by atoms with van der Waals surface area (Å²) in [6.45, 7) is 0.0168. The van der Waals surface area contributed by atoms with E-state index in [1.807, 2.05) is 36.7 Å². The van der Waals surface area contributed by atoms with Crippen LogP contribution in [-0.2, 0) is 11.4 Å². The zero-order valence-corrected chi connectivity index (χ0v) is 15.9. The molecule has 1 saturated carbocycles. The van der Waals surface area contributed by atoms with Crippen LogP contribution >= 0.6 is 12.6 Å². The Hall–Kier alpha value is -2.38. The van der Waals surface area contributed by atoms with E-state index in [2.05, 4.69) is 34.4 Å². The Kier molecular flexibility index (Phi) is 14.6. The summed E-state index contributed by atoms with van der Waals surface area (Å²) < 4.78 is 0. The molecule has 1 aromatic rings. The zero-order chi connectivity index (χ0) is 19.6. The average molecular weight is 377 g/mol. The van der Waals surface area contributed by atoms with Crippen molar-refractivity contribution in [3.63, 3.8) is 0 Å². The molecular formula is C19H28N4O2S. The van der Waals surface area contributed by atoms with Crippen molar-refractivity contribution in [1.82, 2.24) is 0 Å². The molecule has 0 saturated heterocycles. The van der Waals surface area contributed by atoms with Crippen molar-refractivity contribution < 1.29 is 9.90 Å². The molecule has 0 bridgehead atoms. The molecule has 26 heavy (non-hydrogen) atoms. The first-order valence-corrected chi connectivity index (χ1v) is 9.06. The molecule has 1 aliphatic rings. The van der Waals surface area contributed by atoms with Crippen LogP contribution in [0.5, 0.6) is 0 Å². The maximum absolute atomic E-state index is 9.09. The number of aliphatic imine (C=N–C) groups is 2. The van der Waals surface area contributed by atoms with Crippen molar-refractivity contribution in [1.29, 1.82) is 0 Å². The normalized spacial score (nSPS) is 14.0. The van der Waals surface area contributed by atoms with Crippen LogP contribution in [0.3, 0.4) is 0 Å². The van der Waals surface area contributed by atoms with Gasteiger partial charge in [0.05, 0.1) is 12.3 Å². The van der Waals surface area contributed by atoms with E-state index in [1.165, 1.54) is 19.0 Å². The Bertz CT molecular complexity index is 624. The standard InChI is InChI=1S/C17H21N3O.CH3NO.CH4S/c18-11-16(7-9-19-8-6-14-4-5-14)12-20-17-3-1-2-15(10-17)13-21;2-1-3;1-2/h1-3,6,8-12,14,21H,4-5,7,13,18H2;1H,(H2,2,3);2H,1H3/b8-6+,16-11-,19-9?,20-12?;;. The minimum atomic E-state index is 0.0168. The number of primary amides is 1. The lowest BCUT2D eigenvalue weighted by Gasteiger charge is -1.98. The van der Waals surface area contributed by atoms with Gasteiger partial charge in [-0.05, 0) is 54.5 Å². The van der Waals surface area contributed by atoms with E-state index in [-0.39, 0.29) is 13.0 Å². The van der Waals surface area contributed by atoms with E-state index in [0.717, 1.165) is 22.7 Å². The Balaban J connectivity index is 0.00000113. The molecule has 5 N–H and O–H groups in total. The van der Waals surface area contributed by atoms with Crippen molar-refractivity contribution in [2.45, 2.75) is 25.9 Å². The van der Waals surface area contributed by atoms with Crippen molar-refractivity contribution in [3.05, 3.63) is 53.9 Å². The van der Waals surface area contributed by atoms with Crippen LogP contribution in [0.15, 0.2) is 58.3 Å². The van der Waals surface area contributed by atoms with Crippen LogP contribution in [0.25, 0.3) is 0 Å². The van der Waals surface area contributed by atoms with E-state index >= 15 is 0 Å². The van der Waals surface area contributed by atoms with Gasteiger partial charge in [0, 0.05) is 25.0 Å². The second-order valence-corrected chi connectivity index (χ2v) is 5.18. The summed E-state index contributed by atoms with van der Waals surface area (Å²) >= 11 is 3.53. The van der Waals surface area contributed by atoms with Crippen molar-refractivity contribution >= 4 is 37.2 Å². The minimum absolute atomic E-state index is 0.0168. The van der Waals surface area contributed by atoms with Crippen molar-refractivity contribution in [2.24, 2.45) is 27.4 Å². The monoisotopic (exact) mass is 376 g/mol. The molecule has 1 fully saturated rings. The van der Waals surface area contributed by atoms with Crippen molar-refractivity contribution in [3.8, 4) is 0 Å². The third-order valence-electron chi connectivity index (χ3n) is 3.19. The van der Waals surface area contributed by atoms with Gasteiger partial charge in [0.25, 0.3) is 0 Å². The molecule has 7 heteroatoms. The van der Waals surface area contributed by atoms with E-state index in [4.69, 9.17) is 15.6 Å². The first-order valence-electron chi connectivity index (χ1n) is 8.16. The number of rotatable bonds is 7. The highest BCUT2D eigenvalue weighted by molar-refractivity contribution is 7.79. The Morgan fingerprint density at radius 2 is 2.04 bits per heavy atom. The first kappa shape index (κ1) is 23.6. The Morgan fingerprint density at radius 3 is 2.62 bits per heavy atom. The van der Waals surface area contributed by atoms with Gasteiger partial charge in [-0.15, -0.1) is 0 Å². The predicted molar refractivity (Wildman–Crippen MR) is 113 cm³/mol. The number of thiol groups is 1. The van der Waals surface area contributed by atoms with E-state index in [9.17, 15) is 0 Å². The summed E-state index contributed by atoms with van der Waals surface area (Å²) in [6, 6.07) is 7.46. The average Bonchev–Trinajstić information content (AvgIpc) is 3.51. The second-order valence-electron chi connectivity index (χ2n) is 5.18. The number of nitrogens with zero attached hydrogens (tertiary/aromatic N) is 2. The number of amides is 1. The molecule has 142 valence electrons. The van der Waals surface area contributed by atoms with Gasteiger partial charge in [-0.3, -0.25) is 14.8 Å². The topological polar surface area (TPSA) is 114 Å². The van der Waals surface area contributed by atoms with Crippen LogP contribution in [0.2, 0.25) is 0 Å². The summed E-state index contributed by atoms with van der Waals surface area (Å²) in [5.74, 6) is 0.743. The molecular weight excluding hydrogens is 348 g/mol. The fraction of sp³-hybridized carbons (Fsp3) is 0.316. The van der Waals surface area contributed by atoms with E-state index in [0.29, 0.717) is 6.42 Å². The third-order valence-corrected chi connectivity index (χ3v) is 3.19. The second kappa shape index (κ2) is 16.1. The largest absolute Gasteiger partial charge is 0.404 e. The molecule has 0 aliphatic heterocycles. The number of carbonyl (C=O) groups is 1. The fourth-order valence-corrected chi connectivity index (χ4v) is 1.74. The summed E-state index contributed by atoms with van der Waals surface area (Å²) in [5.41, 5.74) is 12.3. The summed E-state index contributed by atoms with van der Waals surface area (Å²) in [7, 11) is 0. The highest BCUT2D eigenvalue weighted by atomic mass is 32.1. The van der Waals surface area contributed by atoms with Gasteiger partial charge >= 0.3 is 0 Å². The van der Waals surface area contributed by atoms with Gasteiger partial charge in [-0.25, -0.2) is 0 Å². The Labute approximate surface area is 160 Å². The smallest absolute Gasteiger partial charge is 0.204 e. The minimum Gasteiger partial charge on any atom is -0.404 e. The van der Waals surface area contributed by atoms with Crippen LogP contribution in [0.1, 0.15) is 24.8 Å². The highest BCUT2D eigenvalue weighted by Gasteiger charge is 2.16. The van der Waals surface area contributed by atoms with Gasteiger partial charge < -0.3 is 16.6 Å². The number of nitrogens with two attached hydrogens (primary N) is 2. The summed E-state index contributed by atoms with van der Waals surface area (Å²) in [6.07, 6.45) is 14.3. The molecule has 0 unspecified atom stereocenters. The molecule has 0 heterocycles. The van der Waals surface area contributed by atoms with Crippen LogP contribution in [0.4, 0.5) is 5.69 Å². The van der Waals surface area contributed by atoms with Crippen molar-refractivity contribution in [2.75, 3.05) is 6.26 Å². The number of benzene rings is 1. The van der Waals surface area contributed by atoms with Crippen LogP contribution in [-0.4, -0.2) is 30.2 Å². The number of hydrogen-bond acceptors (Lipinski definition) is 6. The summed E-state index contributed by atoms with van der Waals surface area (Å²) in [5, 5.41) is 9.09. The SMILES string of the molecule is CS.N/C=C(\C=Nc1cccc(CO)c1)CC=N/C=C/C1CC1.NC=O. The van der Waals surface area contributed by atoms with Crippen LogP contribution < -0.4 is 11.5 Å². The summed E-state index contributed by atoms with van der Waals surface area (Å²) in [4.78, 5) is 17.2. The number of hydrogen-bond donors (Lipinski definition) is 4. The molecule has 0 radical (unpaired) electrons. The van der Waals surface area contributed by atoms with Gasteiger partial charge in [0.2, 0.25) is 6.41 Å². The Morgan fingerprint density at radius 1 is 1.35 bits per heavy atom. The number of carbonyl (C=O) groups excluding carboxylic acids is 1. The maximum atomic E-state index is 9.09. The van der Waals surface area contributed by atoms with Crippen LogP contribution in [0, 0.1) is 5.92 Å². The zero-order valence-electron chi connectivity index (χ0n) is 15.0. The molecule has 0 spiro atoms. The lowest BCUT2D eigenvalue weighted by atomic mass is 10.2. The fourth-order valence-electron chi connectivity index (χ4n) is 1.74. The molecule has 0 aromatic heterocycles. The molecule has 0 atom stereocenters. The number of aliphatic hydroxyl groups excluding tert-OH is 1. The predicted octanol–water partition coefficient (Wildman–Crippen LogP) is 2.76. The van der Waals surface area contributed by atoms with E-state index < -0.39 is 0 Å². The first-order chi connectivity index (χ1) is 12.7. The van der Waals surface area contributed by atoms with Gasteiger partial charge in [0.15, 0.2) is 0 Å². The highest BCUT2D eigenvalue weighted by Crippen LogP contribution is 2.29. The molecule has 1 aromatic carbocycles. The number of allylic oxidation sites excluding steroid dienone is 2. The lowest BCUT2D eigenvalue weighted by Crippen LogP contribution is -1.92. The van der Waals surface area contributed by atoms with E-state index in [1.54, 1.807) is 12.5 Å². The molecule has 1 aliphatic carbocycles. The number of aliphatic hydroxyl groups is 1. The molecule has 2 rings (SSSR count). The third kappa shape index (κ3) is 12.0. The van der Waals surface area contributed by atoms with Gasteiger partial charge in [-0.2, -0.15) is 12.6 Å². The molecule has 1 amide bonds.